The standard InChI is InChI=1S/C16H30ClNO/c1-4-6-9-14(5-2)15(19)18-16(12-17)10-7-8-13(3)11-16/h13-14H,4-12H2,1-3H3,(H,18,19). The summed E-state index contributed by atoms with van der Waals surface area (Å²) in [5.41, 5.74) is -0.143. The number of alkyl halides is 1. The molecule has 1 N–H and O–H groups in total. The topological polar surface area (TPSA) is 29.1 Å². The van der Waals surface area contributed by atoms with E-state index in [0.29, 0.717) is 11.8 Å². The van der Waals surface area contributed by atoms with Gasteiger partial charge in [0.25, 0.3) is 0 Å². The molecule has 0 spiro atoms. The Kier molecular flexibility index (Phi) is 7.20. The van der Waals surface area contributed by atoms with E-state index in [1.54, 1.807) is 0 Å². The summed E-state index contributed by atoms with van der Waals surface area (Å²) >= 11 is 6.18. The molecule has 0 bridgehead atoms. The highest BCUT2D eigenvalue weighted by molar-refractivity contribution is 6.18. The van der Waals surface area contributed by atoms with Gasteiger partial charge in [0, 0.05) is 11.8 Å². The number of nitrogens with one attached hydrogen (secondary N) is 1. The van der Waals surface area contributed by atoms with Crippen molar-refractivity contribution < 1.29 is 4.79 Å². The average Bonchev–Trinajstić information content (AvgIpc) is 2.39. The average molecular weight is 288 g/mol. The van der Waals surface area contributed by atoms with Crippen molar-refractivity contribution in [2.75, 3.05) is 5.88 Å². The molecular formula is C16H30ClNO. The lowest BCUT2D eigenvalue weighted by atomic mass is 9.77. The van der Waals surface area contributed by atoms with Gasteiger partial charge in [0.05, 0.1) is 5.54 Å². The minimum atomic E-state index is -0.143. The molecule has 1 aliphatic rings. The van der Waals surface area contributed by atoms with E-state index in [9.17, 15) is 4.79 Å². The largest absolute Gasteiger partial charge is 0.349 e. The molecule has 1 saturated carbocycles. The van der Waals surface area contributed by atoms with Crippen molar-refractivity contribution in [2.24, 2.45) is 11.8 Å². The van der Waals surface area contributed by atoms with Gasteiger partial charge in [-0.05, 0) is 31.6 Å². The van der Waals surface area contributed by atoms with Crippen LogP contribution in [0.3, 0.4) is 0 Å². The van der Waals surface area contributed by atoms with Crippen LogP contribution >= 0.6 is 11.6 Å². The fraction of sp³-hybridized carbons (Fsp3) is 0.938. The molecule has 1 aliphatic carbocycles. The van der Waals surface area contributed by atoms with Gasteiger partial charge in [-0.1, -0.05) is 46.5 Å². The lowest BCUT2D eigenvalue weighted by molar-refractivity contribution is -0.127. The Labute approximate surface area is 123 Å². The molecule has 3 atom stereocenters. The van der Waals surface area contributed by atoms with Gasteiger partial charge < -0.3 is 5.32 Å². The SMILES string of the molecule is CCCCC(CC)C(=O)NC1(CCl)CCCC(C)C1. The van der Waals surface area contributed by atoms with Crippen LogP contribution < -0.4 is 5.32 Å². The van der Waals surface area contributed by atoms with Crippen molar-refractivity contribution in [3.05, 3.63) is 0 Å². The smallest absolute Gasteiger partial charge is 0.223 e. The molecule has 1 fully saturated rings. The predicted octanol–water partition coefficient (Wildman–Crippen LogP) is 4.51. The monoisotopic (exact) mass is 287 g/mol. The maximum absolute atomic E-state index is 12.4. The Morgan fingerprint density at radius 1 is 1.47 bits per heavy atom. The van der Waals surface area contributed by atoms with Crippen LogP contribution in [-0.2, 0) is 4.79 Å². The van der Waals surface area contributed by atoms with Gasteiger partial charge in [-0.3, -0.25) is 4.79 Å². The molecule has 1 amide bonds. The third-order valence-electron chi connectivity index (χ3n) is 4.51. The molecular weight excluding hydrogens is 258 g/mol. The van der Waals surface area contributed by atoms with Gasteiger partial charge >= 0.3 is 0 Å². The fourth-order valence-electron chi connectivity index (χ4n) is 3.26. The number of hydrogen-bond donors (Lipinski definition) is 1. The molecule has 0 aromatic rings. The molecule has 0 aliphatic heterocycles. The Hall–Kier alpha value is -0.240. The van der Waals surface area contributed by atoms with Crippen molar-refractivity contribution in [3.63, 3.8) is 0 Å². The van der Waals surface area contributed by atoms with Crippen molar-refractivity contribution in [2.45, 2.75) is 77.7 Å². The predicted molar refractivity (Wildman–Crippen MR) is 82.5 cm³/mol. The van der Waals surface area contributed by atoms with Crippen LogP contribution in [0.4, 0.5) is 0 Å². The molecule has 3 unspecified atom stereocenters. The highest BCUT2D eigenvalue weighted by Crippen LogP contribution is 2.33. The Bertz CT molecular complexity index is 282. The first kappa shape index (κ1) is 16.8. The minimum Gasteiger partial charge on any atom is -0.349 e. The summed E-state index contributed by atoms with van der Waals surface area (Å²) in [4.78, 5) is 12.4. The maximum atomic E-state index is 12.4. The molecule has 1 rings (SSSR count). The van der Waals surface area contributed by atoms with Gasteiger partial charge in [-0.25, -0.2) is 0 Å². The lowest BCUT2D eigenvalue weighted by Gasteiger charge is -2.40. The van der Waals surface area contributed by atoms with Gasteiger partial charge in [0.2, 0.25) is 5.91 Å². The van der Waals surface area contributed by atoms with E-state index < -0.39 is 0 Å². The van der Waals surface area contributed by atoms with Crippen LogP contribution in [0.15, 0.2) is 0 Å². The summed E-state index contributed by atoms with van der Waals surface area (Å²) in [7, 11) is 0. The maximum Gasteiger partial charge on any atom is 0.223 e. The second-order valence-corrected chi connectivity index (χ2v) is 6.62. The van der Waals surface area contributed by atoms with E-state index in [4.69, 9.17) is 11.6 Å². The van der Waals surface area contributed by atoms with E-state index >= 15 is 0 Å². The van der Waals surface area contributed by atoms with Crippen LogP contribution in [0.25, 0.3) is 0 Å². The van der Waals surface area contributed by atoms with E-state index in [0.717, 1.165) is 38.5 Å². The molecule has 2 nitrogen and oxygen atoms in total. The second kappa shape index (κ2) is 8.14. The van der Waals surface area contributed by atoms with E-state index in [2.05, 4.69) is 26.1 Å². The number of rotatable bonds is 7. The van der Waals surface area contributed by atoms with Gasteiger partial charge in [0.15, 0.2) is 0 Å². The lowest BCUT2D eigenvalue weighted by Crippen LogP contribution is -2.54. The van der Waals surface area contributed by atoms with Crippen molar-refractivity contribution >= 4 is 17.5 Å². The number of unbranched alkanes of at least 4 members (excludes halogenated alkanes) is 1. The van der Waals surface area contributed by atoms with Crippen molar-refractivity contribution in [1.82, 2.24) is 5.32 Å². The van der Waals surface area contributed by atoms with E-state index in [1.165, 1.54) is 12.8 Å². The van der Waals surface area contributed by atoms with Crippen molar-refractivity contribution in [1.29, 1.82) is 0 Å². The van der Waals surface area contributed by atoms with Gasteiger partial charge in [0.1, 0.15) is 0 Å². The summed E-state index contributed by atoms with van der Waals surface area (Å²) < 4.78 is 0. The zero-order valence-corrected chi connectivity index (χ0v) is 13.6. The fourth-order valence-corrected chi connectivity index (χ4v) is 3.57. The molecule has 0 saturated heterocycles. The van der Waals surface area contributed by atoms with Crippen molar-refractivity contribution in [3.8, 4) is 0 Å². The van der Waals surface area contributed by atoms with Crippen LogP contribution in [0.1, 0.15) is 72.1 Å². The third kappa shape index (κ3) is 4.98. The molecule has 0 aromatic carbocycles. The van der Waals surface area contributed by atoms with Crippen LogP contribution in [0, 0.1) is 11.8 Å². The molecule has 112 valence electrons. The van der Waals surface area contributed by atoms with Crippen LogP contribution in [0.5, 0.6) is 0 Å². The van der Waals surface area contributed by atoms with E-state index in [1.807, 2.05) is 0 Å². The number of carbonyl (C=O) groups excluding carboxylic acids is 1. The Morgan fingerprint density at radius 2 is 2.21 bits per heavy atom. The summed E-state index contributed by atoms with van der Waals surface area (Å²) in [5, 5.41) is 3.30. The normalized spacial score (nSPS) is 28.9. The first-order chi connectivity index (χ1) is 9.06. The molecule has 3 heteroatoms. The highest BCUT2D eigenvalue weighted by Gasteiger charge is 2.36. The Morgan fingerprint density at radius 3 is 2.74 bits per heavy atom. The summed E-state index contributed by atoms with van der Waals surface area (Å²) in [6.07, 6.45) is 8.74. The first-order valence-corrected chi connectivity index (χ1v) is 8.48. The van der Waals surface area contributed by atoms with Gasteiger partial charge in [-0.15, -0.1) is 11.6 Å². The molecule has 19 heavy (non-hydrogen) atoms. The number of halogens is 1. The summed E-state index contributed by atoms with van der Waals surface area (Å²) in [6, 6.07) is 0. The van der Waals surface area contributed by atoms with E-state index in [-0.39, 0.29) is 17.4 Å². The molecule has 0 radical (unpaired) electrons. The number of carbonyl (C=O) groups is 1. The quantitative estimate of drug-likeness (QED) is 0.686. The van der Waals surface area contributed by atoms with Crippen LogP contribution in [0.2, 0.25) is 0 Å². The highest BCUT2D eigenvalue weighted by atomic mass is 35.5. The molecule has 0 aromatic heterocycles. The Balaban J connectivity index is 2.60. The zero-order valence-electron chi connectivity index (χ0n) is 12.8. The summed E-state index contributed by atoms with van der Waals surface area (Å²) in [6.45, 7) is 6.55. The summed E-state index contributed by atoms with van der Waals surface area (Å²) in [5.74, 6) is 1.61. The second-order valence-electron chi connectivity index (χ2n) is 6.35. The first-order valence-electron chi connectivity index (χ1n) is 7.95. The minimum absolute atomic E-state index is 0.143. The zero-order chi connectivity index (χ0) is 14.3. The third-order valence-corrected chi connectivity index (χ3v) is 5.02. The van der Waals surface area contributed by atoms with Crippen LogP contribution in [-0.4, -0.2) is 17.3 Å². The number of hydrogen-bond acceptors (Lipinski definition) is 1. The number of amides is 1. The van der Waals surface area contributed by atoms with Gasteiger partial charge in [-0.2, -0.15) is 0 Å². The molecule has 0 heterocycles.